The van der Waals surface area contributed by atoms with Gasteiger partial charge in [-0.05, 0) is 54.9 Å². The van der Waals surface area contributed by atoms with Gasteiger partial charge in [-0.25, -0.2) is 9.97 Å². The van der Waals surface area contributed by atoms with Crippen molar-refractivity contribution in [3.8, 4) is 5.88 Å². The summed E-state index contributed by atoms with van der Waals surface area (Å²) in [6.45, 7) is 1.08. The fourth-order valence-electron chi connectivity index (χ4n) is 1.77. The van der Waals surface area contributed by atoms with Gasteiger partial charge in [-0.15, -0.1) is 0 Å². The zero-order valence-corrected chi connectivity index (χ0v) is 10.8. The van der Waals surface area contributed by atoms with Gasteiger partial charge >= 0.3 is 0 Å². The summed E-state index contributed by atoms with van der Waals surface area (Å²) in [5.41, 5.74) is 0. The van der Waals surface area contributed by atoms with Gasteiger partial charge in [0.15, 0.2) is 0 Å². The molecule has 0 aromatic carbocycles. The summed E-state index contributed by atoms with van der Waals surface area (Å²) in [6, 6.07) is 0. The Balaban J connectivity index is 1.82. The van der Waals surface area contributed by atoms with Crippen LogP contribution < -0.4 is 10.1 Å². The average Bonchev–Trinajstić information content (AvgIpc) is 2.18. The normalized spacial score (nSPS) is 24.7. The number of nitrogens with one attached hydrogen (secondary N) is 1. The molecule has 1 aromatic heterocycles. The molecular weight excluding hydrogens is 305 g/mol. The first-order valence-electron chi connectivity index (χ1n) is 5.06. The van der Waals surface area contributed by atoms with Crippen LogP contribution in [0.2, 0.25) is 0 Å². The number of hydrogen-bond acceptors (Lipinski definition) is 4. The molecule has 4 nitrogen and oxygen atoms in total. The Morgan fingerprint density at radius 1 is 1.60 bits per heavy atom. The van der Waals surface area contributed by atoms with Gasteiger partial charge in [-0.3, -0.25) is 0 Å². The van der Waals surface area contributed by atoms with Crippen LogP contribution in [-0.4, -0.2) is 29.7 Å². The number of nitrogens with zero attached hydrogens (tertiary/aromatic N) is 2. The van der Waals surface area contributed by atoms with E-state index in [0.29, 0.717) is 6.10 Å². The molecule has 1 fully saturated rings. The topological polar surface area (TPSA) is 47.0 Å². The lowest BCUT2D eigenvalue weighted by Gasteiger charge is -2.34. The molecule has 5 heteroatoms. The van der Waals surface area contributed by atoms with Crippen LogP contribution in [0.3, 0.4) is 0 Å². The summed E-state index contributed by atoms with van der Waals surface area (Å²) in [5.74, 6) is 1.48. The molecule has 1 saturated carbocycles. The Morgan fingerprint density at radius 3 is 3.07 bits per heavy atom. The summed E-state index contributed by atoms with van der Waals surface area (Å²) in [5, 5.41) is 3.18. The molecule has 0 bridgehead atoms. The number of ether oxygens (including phenoxy) is 1. The van der Waals surface area contributed by atoms with Crippen LogP contribution in [0.25, 0.3) is 0 Å². The summed E-state index contributed by atoms with van der Waals surface area (Å²) >= 11 is 2.19. The summed E-state index contributed by atoms with van der Waals surface area (Å²) in [7, 11) is 1.99. The van der Waals surface area contributed by atoms with Crippen LogP contribution >= 0.6 is 22.6 Å². The van der Waals surface area contributed by atoms with Gasteiger partial charge in [0, 0.05) is 6.20 Å². The second-order valence-electron chi connectivity index (χ2n) is 3.81. The van der Waals surface area contributed by atoms with Crippen LogP contribution in [0.15, 0.2) is 12.5 Å². The highest BCUT2D eigenvalue weighted by Gasteiger charge is 2.30. The minimum Gasteiger partial charge on any atom is -0.474 e. The van der Waals surface area contributed by atoms with Crippen LogP contribution in [0.5, 0.6) is 5.88 Å². The molecule has 1 aliphatic rings. The standard InChI is InChI=1S/C10H14IN3O/c1-12-4-7-2-8(3-7)15-10-9(11)5-13-6-14-10/h5-8,12H,2-4H2,1H3. The maximum Gasteiger partial charge on any atom is 0.230 e. The second kappa shape index (κ2) is 5.07. The van der Waals surface area contributed by atoms with E-state index in [1.165, 1.54) is 6.33 Å². The predicted octanol–water partition coefficient (Wildman–Crippen LogP) is 1.46. The van der Waals surface area contributed by atoms with E-state index in [2.05, 4.69) is 37.9 Å². The van der Waals surface area contributed by atoms with Crippen molar-refractivity contribution in [1.29, 1.82) is 0 Å². The van der Waals surface area contributed by atoms with Gasteiger partial charge in [0.05, 0.1) is 3.57 Å². The van der Waals surface area contributed by atoms with E-state index in [4.69, 9.17) is 4.74 Å². The molecule has 1 N–H and O–H groups in total. The lowest BCUT2D eigenvalue weighted by Crippen LogP contribution is -2.38. The van der Waals surface area contributed by atoms with Crippen molar-refractivity contribution in [2.75, 3.05) is 13.6 Å². The highest BCUT2D eigenvalue weighted by molar-refractivity contribution is 14.1. The van der Waals surface area contributed by atoms with E-state index < -0.39 is 0 Å². The van der Waals surface area contributed by atoms with Gasteiger partial charge in [0.1, 0.15) is 12.4 Å². The Kier molecular flexibility index (Phi) is 3.74. The molecule has 82 valence electrons. The zero-order chi connectivity index (χ0) is 10.7. The molecule has 0 radical (unpaired) electrons. The van der Waals surface area contributed by atoms with Crippen LogP contribution in [0.4, 0.5) is 0 Å². The van der Waals surface area contributed by atoms with Crippen molar-refractivity contribution in [3.05, 3.63) is 16.1 Å². The fourth-order valence-corrected chi connectivity index (χ4v) is 2.20. The van der Waals surface area contributed by atoms with E-state index in [9.17, 15) is 0 Å². The van der Waals surface area contributed by atoms with E-state index in [1.54, 1.807) is 6.20 Å². The minimum atomic E-state index is 0.340. The maximum absolute atomic E-state index is 5.77. The third-order valence-corrected chi connectivity index (χ3v) is 3.34. The molecule has 1 aliphatic carbocycles. The molecule has 0 atom stereocenters. The Bertz CT molecular complexity index is 328. The number of hydrogen-bond donors (Lipinski definition) is 1. The maximum atomic E-state index is 5.77. The van der Waals surface area contributed by atoms with Crippen LogP contribution in [0.1, 0.15) is 12.8 Å². The van der Waals surface area contributed by atoms with Crippen molar-refractivity contribution in [1.82, 2.24) is 15.3 Å². The molecule has 1 heterocycles. The second-order valence-corrected chi connectivity index (χ2v) is 4.97. The smallest absolute Gasteiger partial charge is 0.230 e. The van der Waals surface area contributed by atoms with Crippen LogP contribution in [-0.2, 0) is 0 Å². The SMILES string of the molecule is CNCC1CC(Oc2ncncc2I)C1. The molecule has 0 saturated heterocycles. The van der Waals surface area contributed by atoms with Gasteiger partial charge in [-0.1, -0.05) is 0 Å². The highest BCUT2D eigenvalue weighted by atomic mass is 127. The molecule has 0 unspecified atom stereocenters. The molecule has 15 heavy (non-hydrogen) atoms. The number of aromatic nitrogens is 2. The van der Waals surface area contributed by atoms with Crippen molar-refractivity contribution in [2.45, 2.75) is 18.9 Å². The summed E-state index contributed by atoms with van der Waals surface area (Å²) in [6.07, 6.45) is 5.89. The van der Waals surface area contributed by atoms with Gasteiger partial charge in [0.2, 0.25) is 5.88 Å². The first-order chi connectivity index (χ1) is 7.29. The predicted molar refractivity (Wildman–Crippen MR) is 65.8 cm³/mol. The first kappa shape index (κ1) is 11.1. The Morgan fingerprint density at radius 2 is 2.40 bits per heavy atom. The van der Waals surface area contributed by atoms with Crippen LogP contribution in [0, 0.1) is 9.49 Å². The molecule has 2 rings (SSSR count). The van der Waals surface area contributed by atoms with E-state index >= 15 is 0 Å². The third-order valence-electron chi connectivity index (χ3n) is 2.60. The van der Waals surface area contributed by atoms with Gasteiger partial charge < -0.3 is 10.1 Å². The monoisotopic (exact) mass is 319 g/mol. The van der Waals surface area contributed by atoms with E-state index in [-0.39, 0.29) is 0 Å². The quantitative estimate of drug-likeness (QED) is 0.854. The van der Waals surface area contributed by atoms with Gasteiger partial charge in [0.25, 0.3) is 0 Å². The lowest BCUT2D eigenvalue weighted by molar-refractivity contribution is 0.0607. The minimum absolute atomic E-state index is 0.340. The molecular formula is C10H14IN3O. The van der Waals surface area contributed by atoms with Gasteiger partial charge in [-0.2, -0.15) is 0 Å². The van der Waals surface area contributed by atoms with Crippen molar-refractivity contribution >= 4 is 22.6 Å². The molecule has 1 aromatic rings. The largest absolute Gasteiger partial charge is 0.474 e. The Labute approximate surface area is 103 Å². The third kappa shape index (κ3) is 2.78. The average molecular weight is 319 g/mol. The number of rotatable bonds is 4. The highest BCUT2D eigenvalue weighted by Crippen LogP contribution is 2.31. The number of halogens is 1. The zero-order valence-electron chi connectivity index (χ0n) is 8.61. The molecule has 0 amide bonds. The summed E-state index contributed by atoms with van der Waals surface area (Å²) in [4.78, 5) is 8.05. The van der Waals surface area contributed by atoms with E-state index in [1.807, 2.05) is 7.05 Å². The lowest BCUT2D eigenvalue weighted by atomic mass is 9.82. The van der Waals surface area contributed by atoms with E-state index in [0.717, 1.165) is 34.8 Å². The Hall–Kier alpha value is -0.430. The van der Waals surface area contributed by atoms with Crippen molar-refractivity contribution < 1.29 is 4.74 Å². The van der Waals surface area contributed by atoms with Crippen molar-refractivity contribution in [2.24, 2.45) is 5.92 Å². The molecule has 0 aliphatic heterocycles. The molecule has 0 spiro atoms. The summed E-state index contributed by atoms with van der Waals surface area (Å²) < 4.78 is 6.75. The fraction of sp³-hybridized carbons (Fsp3) is 0.600. The first-order valence-corrected chi connectivity index (χ1v) is 6.14. The van der Waals surface area contributed by atoms with Crippen molar-refractivity contribution in [3.63, 3.8) is 0 Å².